The van der Waals surface area contributed by atoms with Gasteiger partial charge in [-0.2, -0.15) is 0 Å². The SMILES string of the molecule is CCCNCC(O)c1cc(-c2ccccc2)nc(-c2ccccc2)c1. The lowest BCUT2D eigenvalue weighted by molar-refractivity contribution is 0.175. The van der Waals surface area contributed by atoms with Crippen LogP contribution < -0.4 is 5.32 Å². The number of nitrogens with one attached hydrogen (secondary N) is 1. The van der Waals surface area contributed by atoms with Crippen LogP contribution in [-0.4, -0.2) is 23.2 Å². The molecule has 1 heterocycles. The molecule has 0 amide bonds. The number of pyridine rings is 1. The van der Waals surface area contributed by atoms with E-state index < -0.39 is 6.10 Å². The Morgan fingerprint density at radius 3 is 1.88 bits per heavy atom. The summed E-state index contributed by atoms with van der Waals surface area (Å²) < 4.78 is 0. The monoisotopic (exact) mass is 332 g/mol. The summed E-state index contributed by atoms with van der Waals surface area (Å²) in [7, 11) is 0. The second-order valence-corrected chi connectivity index (χ2v) is 6.12. The highest BCUT2D eigenvalue weighted by Crippen LogP contribution is 2.27. The van der Waals surface area contributed by atoms with Crippen LogP contribution in [0, 0.1) is 0 Å². The smallest absolute Gasteiger partial charge is 0.0915 e. The first-order valence-electron chi connectivity index (χ1n) is 8.79. The molecule has 1 aromatic heterocycles. The van der Waals surface area contributed by atoms with E-state index in [1.165, 1.54) is 0 Å². The van der Waals surface area contributed by atoms with Gasteiger partial charge in [0.05, 0.1) is 17.5 Å². The highest BCUT2D eigenvalue weighted by Gasteiger charge is 2.12. The van der Waals surface area contributed by atoms with Crippen molar-refractivity contribution in [3.63, 3.8) is 0 Å². The molecule has 2 aromatic carbocycles. The van der Waals surface area contributed by atoms with Crippen LogP contribution in [0.15, 0.2) is 72.8 Å². The number of rotatable bonds is 7. The van der Waals surface area contributed by atoms with Crippen LogP contribution in [0.25, 0.3) is 22.5 Å². The Hall–Kier alpha value is -2.49. The van der Waals surface area contributed by atoms with Crippen molar-refractivity contribution in [3.8, 4) is 22.5 Å². The van der Waals surface area contributed by atoms with Crippen molar-refractivity contribution in [2.24, 2.45) is 0 Å². The second kappa shape index (κ2) is 8.56. The minimum atomic E-state index is -0.556. The third-order valence-corrected chi connectivity index (χ3v) is 4.14. The molecule has 3 heteroatoms. The number of hydrogen-bond acceptors (Lipinski definition) is 3. The van der Waals surface area contributed by atoms with Crippen molar-refractivity contribution in [2.45, 2.75) is 19.4 Å². The Bertz CT molecular complexity index is 730. The molecule has 25 heavy (non-hydrogen) atoms. The van der Waals surface area contributed by atoms with Gasteiger partial charge in [-0.3, -0.25) is 0 Å². The third-order valence-electron chi connectivity index (χ3n) is 4.14. The van der Waals surface area contributed by atoms with Crippen molar-refractivity contribution < 1.29 is 5.11 Å². The number of aliphatic hydroxyl groups excluding tert-OH is 1. The molecule has 0 radical (unpaired) electrons. The summed E-state index contributed by atoms with van der Waals surface area (Å²) in [6.07, 6.45) is 0.493. The molecule has 0 saturated carbocycles. The molecular weight excluding hydrogens is 308 g/mol. The molecule has 1 unspecified atom stereocenters. The molecule has 0 aliphatic rings. The first kappa shape index (κ1) is 17.3. The largest absolute Gasteiger partial charge is 0.387 e. The number of aromatic nitrogens is 1. The van der Waals surface area contributed by atoms with Crippen molar-refractivity contribution in [3.05, 3.63) is 78.4 Å². The number of aliphatic hydroxyl groups is 1. The molecule has 0 spiro atoms. The van der Waals surface area contributed by atoms with Crippen LogP contribution in [0.1, 0.15) is 25.0 Å². The van der Waals surface area contributed by atoms with E-state index in [0.717, 1.165) is 41.0 Å². The Balaban J connectivity index is 1.99. The van der Waals surface area contributed by atoms with Crippen molar-refractivity contribution in [2.75, 3.05) is 13.1 Å². The molecule has 3 aromatic rings. The normalized spacial score (nSPS) is 12.1. The predicted octanol–water partition coefficient (Wildman–Crippen LogP) is 4.45. The van der Waals surface area contributed by atoms with Crippen molar-refractivity contribution >= 4 is 0 Å². The van der Waals surface area contributed by atoms with Gasteiger partial charge in [0, 0.05) is 17.7 Å². The molecular formula is C22H24N2O. The summed E-state index contributed by atoms with van der Waals surface area (Å²) in [4.78, 5) is 4.82. The average molecular weight is 332 g/mol. The molecule has 128 valence electrons. The van der Waals surface area contributed by atoms with E-state index in [0.29, 0.717) is 6.54 Å². The zero-order chi connectivity index (χ0) is 17.5. The van der Waals surface area contributed by atoms with Gasteiger partial charge in [-0.1, -0.05) is 67.6 Å². The average Bonchev–Trinajstić information content (AvgIpc) is 2.69. The lowest BCUT2D eigenvalue weighted by Crippen LogP contribution is -2.22. The van der Waals surface area contributed by atoms with E-state index in [4.69, 9.17) is 4.98 Å². The Morgan fingerprint density at radius 2 is 1.40 bits per heavy atom. The van der Waals surface area contributed by atoms with Crippen LogP contribution in [0.4, 0.5) is 0 Å². The fraction of sp³-hybridized carbons (Fsp3) is 0.227. The first-order valence-corrected chi connectivity index (χ1v) is 8.79. The van der Waals surface area contributed by atoms with E-state index in [9.17, 15) is 5.11 Å². The molecule has 3 rings (SSSR count). The zero-order valence-corrected chi connectivity index (χ0v) is 14.5. The van der Waals surface area contributed by atoms with Gasteiger partial charge in [0.25, 0.3) is 0 Å². The van der Waals surface area contributed by atoms with E-state index in [2.05, 4.69) is 12.2 Å². The molecule has 1 atom stereocenters. The highest BCUT2D eigenvalue weighted by molar-refractivity contribution is 5.67. The Labute approximate surface area is 149 Å². The molecule has 0 fully saturated rings. The molecule has 0 aliphatic carbocycles. The maximum Gasteiger partial charge on any atom is 0.0915 e. The summed E-state index contributed by atoms with van der Waals surface area (Å²) in [6, 6.07) is 24.2. The van der Waals surface area contributed by atoms with Gasteiger partial charge in [-0.25, -0.2) is 4.98 Å². The zero-order valence-electron chi connectivity index (χ0n) is 14.5. The summed E-state index contributed by atoms with van der Waals surface area (Å²) in [5.41, 5.74) is 4.75. The third kappa shape index (κ3) is 4.53. The maximum atomic E-state index is 10.6. The van der Waals surface area contributed by atoms with Crippen LogP contribution in [-0.2, 0) is 0 Å². The molecule has 0 aliphatic heterocycles. The topological polar surface area (TPSA) is 45.1 Å². The fourth-order valence-corrected chi connectivity index (χ4v) is 2.79. The van der Waals surface area contributed by atoms with Crippen LogP contribution >= 0.6 is 0 Å². The van der Waals surface area contributed by atoms with E-state index >= 15 is 0 Å². The Morgan fingerprint density at radius 1 is 0.880 bits per heavy atom. The lowest BCUT2D eigenvalue weighted by atomic mass is 10.0. The standard InChI is InChI=1S/C22H24N2O/c1-2-13-23-16-22(25)19-14-20(17-9-5-3-6-10-17)24-21(15-19)18-11-7-4-8-12-18/h3-12,14-15,22-23,25H,2,13,16H2,1H3. The lowest BCUT2D eigenvalue weighted by Gasteiger charge is -2.15. The molecule has 2 N–H and O–H groups in total. The minimum absolute atomic E-state index is 0.542. The molecule has 0 saturated heterocycles. The minimum Gasteiger partial charge on any atom is -0.387 e. The van der Waals surface area contributed by atoms with E-state index in [1.807, 2.05) is 72.8 Å². The summed E-state index contributed by atoms with van der Waals surface area (Å²) in [6.45, 7) is 3.56. The van der Waals surface area contributed by atoms with Gasteiger partial charge in [-0.15, -0.1) is 0 Å². The van der Waals surface area contributed by atoms with Gasteiger partial charge in [0.1, 0.15) is 0 Å². The van der Waals surface area contributed by atoms with Crippen LogP contribution in [0.5, 0.6) is 0 Å². The molecule has 3 nitrogen and oxygen atoms in total. The fourth-order valence-electron chi connectivity index (χ4n) is 2.79. The second-order valence-electron chi connectivity index (χ2n) is 6.12. The van der Waals surface area contributed by atoms with E-state index in [-0.39, 0.29) is 0 Å². The van der Waals surface area contributed by atoms with Gasteiger partial charge >= 0.3 is 0 Å². The van der Waals surface area contributed by atoms with Gasteiger partial charge in [-0.05, 0) is 30.7 Å². The predicted molar refractivity (Wildman–Crippen MR) is 103 cm³/mol. The van der Waals surface area contributed by atoms with Crippen molar-refractivity contribution in [1.29, 1.82) is 0 Å². The van der Waals surface area contributed by atoms with Gasteiger partial charge in [0.15, 0.2) is 0 Å². The quantitative estimate of drug-likeness (QED) is 0.628. The number of benzene rings is 2. The van der Waals surface area contributed by atoms with Crippen LogP contribution in [0.3, 0.4) is 0 Å². The van der Waals surface area contributed by atoms with Gasteiger partial charge < -0.3 is 10.4 Å². The Kier molecular flexibility index (Phi) is 5.94. The molecule has 0 bridgehead atoms. The summed E-state index contributed by atoms with van der Waals surface area (Å²) >= 11 is 0. The maximum absolute atomic E-state index is 10.6. The number of hydrogen-bond donors (Lipinski definition) is 2. The summed E-state index contributed by atoms with van der Waals surface area (Å²) in [5, 5.41) is 13.9. The first-order chi connectivity index (χ1) is 12.3. The van der Waals surface area contributed by atoms with Gasteiger partial charge in [0.2, 0.25) is 0 Å². The van der Waals surface area contributed by atoms with Crippen LogP contribution in [0.2, 0.25) is 0 Å². The summed E-state index contributed by atoms with van der Waals surface area (Å²) in [5.74, 6) is 0. The van der Waals surface area contributed by atoms with E-state index in [1.54, 1.807) is 0 Å². The van der Waals surface area contributed by atoms with Crippen molar-refractivity contribution in [1.82, 2.24) is 10.3 Å². The number of nitrogens with zero attached hydrogens (tertiary/aromatic N) is 1. The highest BCUT2D eigenvalue weighted by atomic mass is 16.3.